The Labute approximate surface area is 95.4 Å². The van der Waals surface area contributed by atoms with Crippen molar-refractivity contribution in [3.8, 4) is 0 Å². The highest BCUT2D eigenvalue weighted by atomic mass is 32.1. The molecule has 0 aliphatic carbocycles. The molecule has 0 saturated heterocycles. The minimum atomic E-state index is -0.576. The number of rotatable bonds is 7. The Kier molecular flexibility index (Phi) is 8.12. The van der Waals surface area contributed by atoms with Gasteiger partial charge in [0.1, 0.15) is 6.04 Å². The Hall–Kier alpha value is -0.750. The second kappa shape index (κ2) is 8.55. The van der Waals surface area contributed by atoms with Crippen LogP contribution in [0.15, 0.2) is 0 Å². The number of hydrogen-bond donors (Lipinski definition) is 3. The lowest BCUT2D eigenvalue weighted by Gasteiger charge is -2.15. The largest absolute Gasteiger partial charge is 0.380 e. The van der Waals surface area contributed by atoms with Crippen molar-refractivity contribution in [1.82, 2.24) is 10.6 Å². The Morgan fingerprint density at radius 3 is 2.60 bits per heavy atom. The zero-order valence-corrected chi connectivity index (χ0v) is 9.97. The summed E-state index contributed by atoms with van der Waals surface area (Å²) in [7, 11) is 0. The van der Waals surface area contributed by atoms with Crippen LogP contribution in [0.4, 0.5) is 0 Å². The predicted molar refractivity (Wildman–Crippen MR) is 61.0 cm³/mol. The molecular formula is C9H18N2O3S. The monoisotopic (exact) mass is 234 g/mol. The van der Waals surface area contributed by atoms with E-state index in [9.17, 15) is 9.59 Å². The molecule has 1 atom stereocenters. The first-order chi connectivity index (χ1) is 7.11. The maximum atomic E-state index is 11.4. The SMILES string of the molecule is CCOCCNC(=O)C(CS)NC(C)=O. The zero-order valence-electron chi connectivity index (χ0n) is 9.08. The Bertz CT molecular complexity index is 212. The molecule has 1 unspecified atom stereocenters. The van der Waals surface area contributed by atoms with E-state index in [0.717, 1.165) is 0 Å². The molecule has 0 radical (unpaired) electrons. The molecule has 0 aromatic heterocycles. The van der Waals surface area contributed by atoms with Crippen molar-refractivity contribution in [2.75, 3.05) is 25.5 Å². The van der Waals surface area contributed by atoms with Crippen LogP contribution in [0.3, 0.4) is 0 Å². The normalized spacial score (nSPS) is 11.9. The molecule has 0 aromatic carbocycles. The van der Waals surface area contributed by atoms with Gasteiger partial charge in [-0.2, -0.15) is 12.6 Å². The van der Waals surface area contributed by atoms with Gasteiger partial charge in [0.25, 0.3) is 0 Å². The molecule has 0 fully saturated rings. The van der Waals surface area contributed by atoms with Crippen LogP contribution in [0.2, 0.25) is 0 Å². The fourth-order valence-electron chi connectivity index (χ4n) is 0.953. The molecule has 0 heterocycles. The van der Waals surface area contributed by atoms with E-state index in [1.54, 1.807) is 0 Å². The van der Waals surface area contributed by atoms with Crippen LogP contribution in [-0.2, 0) is 14.3 Å². The van der Waals surface area contributed by atoms with Gasteiger partial charge in [-0.25, -0.2) is 0 Å². The van der Waals surface area contributed by atoms with E-state index in [1.165, 1.54) is 6.92 Å². The van der Waals surface area contributed by atoms with Crippen molar-refractivity contribution in [2.24, 2.45) is 0 Å². The van der Waals surface area contributed by atoms with E-state index < -0.39 is 6.04 Å². The third kappa shape index (κ3) is 7.21. The summed E-state index contributed by atoms with van der Waals surface area (Å²) in [6.07, 6.45) is 0. The van der Waals surface area contributed by atoms with Gasteiger partial charge in [0.15, 0.2) is 0 Å². The number of carbonyl (C=O) groups excluding carboxylic acids is 2. The average Bonchev–Trinajstić information content (AvgIpc) is 2.20. The molecule has 0 saturated carbocycles. The lowest BCUT2D eigenvalue weighted by atomic mass is 10.3. The van der Waals surface area contributed by atoms with Crippen LogP contribution in [0.5, 0.6) is 0 Å². The van der Waals surface area contributed by atoms with Crippen LogP contribution in [-0.4, -0.2) is 43.4 Å². The smallest absolute Gasteiger partial charge is 0.243 e. The highest BCUT2D eigenvalue weighted by molar-refractivity contribution is 7.80. The minimum absolute atomic E-state index is 0.236. The van der Waals surface area contributed by atoms with Crippen LogP contribution >= 0.6 is 12.6 Å². The van der Waals surface area contributed by atoms with Crippen molar-refractivity contribution in [1.29, 1.82) is 0 Å². The third-order valence-electron chi connectivity index (χ3n) is 1.63. The van der Waals surface area contributed by atoms with Crippen molar-refractivity contribution in [3.05, 3.63) is 0 Å². The predicted octanol–water partition coefficient (Wildman–Crippen LogP) is -0.426. The molecular weight excluding hydrogens is 216 g/mol. The molecule has 88 valence electrons. The van der Waals surface area contributed by atoms with E-state index >= 15 is 0 Å². The van der Waals surface area contributed by atoms with E-state index in [2.05, 4.69) is 23.3 Å². The van der Waals surface area contributed by atoms with Gasteiger partial charge in [-0.3, -0.25) is 9.59 Å². The highest BCUT2D eigenvalue weighted by Crippen LogP contribution is 1.88. The van der Waals surface area contributed by atoms with E-state index in [4.69, 9.17) is 4.74 Å². The summed E-state index contributed by atoms with van der Waals surface area (Å²) >= 11 is 3.99. The molecule has 2 N–H and O–H groups in total. The molecule has 0 aliphatic heterocycles. The summed E-state index contributed by atoms with van der Waals surface area (Å²) in [6.45, 7) is 4.79. The summed E-state index contributed by atoms with van der Waals surface area (Å²) in [5.74, 6) is -0.200. The molecule has 0 rings (SSSR count). The van der Waals surface area contributed by atoms with E-state index in [0.29, 0.717) is 19.8 Å². The van der Waals surface area contributed by atoms with Gasteiger partial charge in [0.05, 0.1) is 6.61 Å². The standard InChI is InChI=1S/C9H18N2O3S/c1-3-14-5-4-10-9(13)8(6-15)11-7(2)12/h8,15H,3-6H2,1-2H3,(H,10,13)(H,11,12). The number of ether oxygens (including phenoxy) is 1. The Balaban J connectivity index is 3.78. The molecule has 5 nitrogen and oxygen atoms in total. The third-order valence-corrected chi connectivity index (χ3v) is 1.99. The average molecular weight is 234 g/mol. The first kappa shape index (κ1) is 14.2. The molecule has 0 aromatic rings. The number of nitrogens with one attached hydrogen (secondary N) is 2. The fraction of sp³-hybridized carbons (Fsp3) is 0.778. The lowest BCUT2D eigenvalue weighted by Crippen LogP contribution is -2.47. The molecule has 0 aliphatic rings. The molecule has 6 heteroatoms. The van der Waals surface area contributed by atoms with Crippen molar-refractivity contribution in [2.45, 2.75) is 19.9 Å². The zero-order chi connectivity index (χ0) is 11.7. The summed E-state index contributed by atoms with van der Waals surface area (Å²) in [4.78, 5) is 22.2. The minimum Gasteiger partial charge on any atom is -0.380 e. The second-order valence-corrected chi connectivity index (χ2v) is 3.29. The number of thiol groups is 1. The maximum Gasteiger partial charge on any atom is 0.243 e. The van der Waals surface area contributed by atoms with Crippen molar-refractivity contribution >= 4 is 24.4 Å². The molecule has 2 amide bonds. The quantitative estimate of drug-likeness (QED) is 0.414. The van der Waals surface area contributed by atoms with Crippen LogP contribution < -0.4 is 10.6 Å². The highest BCUT2D eigenvalue weighted by Gasteiger charge is 2.16. The summed E-state index contributed by atoms with van der Waals surface area (Å²) in [6, 6.07) is -0.576. The lowest BCUT2D eigenvalue weighted by molar-refractivity contribution is -0.127. The molecule has 0 spiro atoms. The van der Waals surface area contributed by atoms with Crippen LogP contribution in [0.25, 0.3) is 0 Å². The van der Waals surface area contributed by atoms with Crippen LogP contribution in [0.1, 0.15) is 13.8 Å². The summed E-state index contributed by atoms with van der Waals surface area (Å²) < 4.78 is 5.06. The van der Waals surface area contributed by atoms with Gasteiger partial charge >= 0.3 is 0 Å². The van der Waals surface area contributed by atoms with Gasteiger partial charge in [-0.15, -0.1) is 0 Å². The fourth-order valence-corrected chi connectivity index (χ4v) is 1.21. The van der Waals surface area contributed by atoms with Gasteiger partial charge in [-0.1, -0.05) is 0 Å². The van der Waals surface area contributed by atoms with Crippen LogP contribution in [0, 0.1) is 0 Å². The first-order valence-electron chi connectivity index (χ1n) is 4.85. The number of hydrogen-bond acceptors (Lipinski definition) is 4. The van der Waals surface area contributed by atoms with Gasteiger partial charge in [0, 0.05) is 25.8 Å². The molecule has 0 bridgehead atoms. The van der Waals surface area contributed by atoms with Gasteiger partial charge in [-0.05, 0) is 6.92 Å². The summed E-state index contributed by atoms with van der Waals surface area (Å²) in [5, 5.41) is 5.15. The van der Waals surface area contributed by atoms with Crippen molar-refractivity contribution < 1.29 is 14.3 Å². The topological polar surface area (TPSA) is 67.4 Å². The Morgan fingerprint density at radius 2 is 2.13 bits per heavy atom. The first-order valence-corrected chi connectivity index (χ1v) is 5.48. The maximum absolute atomic E-state index is 11.4. The Morgan fingerprint density at radius 1 is 1.47 bits per heavy atom. The van der Waals surface area contributed by atoms with Gasteiger partial charge < -0.3 is 15.4 Å². The molecule has 15 heavy (non-hydrogen) atoms. The van der Waals surface area contributed by atoms with E-state index in [-0.39, 0.29) is 17.6 Å². The van der Waals surface area contributed by atoms with E-state index in [1.807, 2.05) is 6.92 Å². The second-order valence-electron chi connectivity index (χ2n) is 2.92. The number of carbonyl (C=O) groups is 2. The van der Waals surface area contributed by atoms with Crippen molar-refractivity contribution in [3.63, 3.8) is 0 Å². The summed E-state index contributed by atoms with van der Waals surface area (Å²) in [5.41, 5.74) is 0. The van der Waals surface area contributed by atoms with Gasteiger partial charge in [0.2, 0.25) is 11.8 Å². The number of amides is 2.